The van der Waals surface area contributed by atoms with Gasteiger partial charge in [-0.25, -0.2) is 4.79 Å². The number of ether oxygens (including phenoxy) is 2. The van der Waals surface area contributed by atoms with E-state index < -0.39 is 12.1 Å². The van der Waals surface area contributed by atoms with Crippen LogP contribution in [-0.2, 0) is 9.59 Å². The van der Waals surface area contributed by atoms with E-state index in [0.717, 1.165) is 11.3 Å². The maximum Gasteiger partial charge on any atom is 0.344 e. The number of carbonyl (C=O) groups excluding carboxylic acids is 1. The zero-order valence-corrected chi connectivity index (χ0v) is 18.4. The molecule has 1 atom stereocenters. The molecule has 1 heterocycles. The quantitative estimate of drug-likeness (QED) is 0.493. The lowest BCUT2D eigenvalue weighted by Gasteiger charge is -2.17. The van der Waals surface area contributed by atoms with Crippen molar-refractivity contribution in [2.45, 2.75) is 26.4 Å². The second kappa shape index (κ2) is 9.32. The Morgan fingerprint density at radius 1 is 1.27 bits per heavy atom. The number of nitrogens with zero attached hydrogens (tertiary/aromatic N) is 1. The van der Waals surface area contributed by atoms with Crippen molar-refractivity contribution in [3.05, 3.63) is 58.5 Å². The number of carboxylic acids is 1. The average molecular weight is 444 g/mol. The van der Waals surface area contributed by atoms with E-state index in [0.29, 0.717) is 32.7 Å². The van der Waals surface area contributed by atoms with Crippen LogP contribution in [0.15, 0.2) is 47.4 Å². The molecule has 1 amide bonds. The maximum atomic E-state index is 13.0. The number of carboxylic acid groups (broad SMARTS) is 1. The lowest BCUT2D eigenvalue weighted by atomic mass is 10.1. The fourth-order valence-electron chi connectivity index (χ4n) is 2.97. The van der Waals surface area contributed by atoms with Gasteiger partial charge in [0.1, 0.15) is 0 Å². The van der Waals surface area contributed by atoms with Gasteiger partial charge in [-0.2, -0.15) is 0 Å². The second-order valence-electron chi connectivity index (χ2n) is 6.57. The normalized spacial score (nSPS) is 16.1. The number of amides is 1. The van der Waals surface area contributed by atoms with Crippen molar-refractivity contribution in [3.8, 4) is 11.5 Å². The number of thioether (sulfide) groups is 1. The number of aliphatic carboxylic acids is 1. The van der Waals surface area contributed by atoms with E-state index in [4.69, 9.17) is 21.7 Å². The molecule has 1 aliphatic rings. The Balaban J connectivity index is 1.88. The van der Waals surface area contributed by atoms with Gasteiger partial charge in [0.15, 0.2) is 21.9 Å². The van der Waals surface area contributed by atoms with Crippen molar-refractivity contribution in [2.75, 3.05) is 12.0 Å². The Kier molecular flexibility index (Phi) is 6.79. The molecule has 1 fully saturated rings. The standard InChI is InChI=1S/C22H21NO5S2/c1-4-16(21(25)26)28-17-10-9-14(11-18(17)27-3)12-19-20(24)23(22(29)30-19)15-8-6-5-7-13(15)2/h5-12,16H,4H2,1-3H3,(H,25,26)/b19-12+. The number of thiocarbonyl (C=S) groups is 1. The molecule has 3 rings (SSSR count). The highest BCUT2D eigenvalue weighted by Gasteiger charge is 2.34. The third kappa shape index (κ3) is 4.49. The molecule has 2 aromatic rings. The summed E-state index contributed by atoms with van der Waals surface area (Å²) in [5.74, 6) is -0.506. The van der Waals surface area contributed by atoms with Crippen LogP contribution in [0.5, 0.6) is 11.5 Å². The Bertz CT molecular complexity index is 1030. The van der Waals surface area contributed by atoms with Gasteiger partial charge >= 0.3 is 5.97 Å². The molecule has 0 saturated carbocycles. The monoisotopic (exact) mass is 443 g/mol. The van der Waals surface area contributed by atoms with Gasteiger partial charge in [0, 0.05) is 0 Å². The minimum atomic E-state index is -1.04. The number of para-hydroxylation sites is 1. The van der Waals surface area contributed by atoms with E-state index in [1.165, 1.54) is 23.8 Å². The van der Waals surface area contributed by atoms with Crippen LogP contribution >= 0.6 is 24.0 Å². The lowest BCUT2D eigenvalue weighted by molar-refractivity contribution is -0.145. The van der Waals surface area contributed by atoms with Gasteiger partial charge in [-0.05, 0) is 48.7 Å². The highest BCUT2D eigenvalue weighted by atomic mass is 32.2. The van der Waals surface area contributed by atoms with Gasteiger partial charge in [-0.15, -0.1) is 0 Å². The van der Waals surface area contributed by atoms with Gasteiger partial charge in [0.25, 0.3) is 5.91 Å². The fraction of sp³-hybridized carbons (Fsp3) is 0.227. The molecule has 156 valence electrons. The molecule has 1 aliphatic heterocycles. The van der Waals surface area contributed by atoms with Crippen molar-refractivity contribution in [3.63, 3.8) is 0 Å². The van der Waals surface area contributed by atoms with E-state index in [9.17, 15) is 14.7 Å². The summed E-state index contributed by atoms with van der Waals surface area (Å²) in [6.07, 6.45) is 1.09. The van der Waals surface area contributed by atoms with Crippen LogP contribution in [0.3, 0.4) is 0 Å². The number of aryl methyl sites for hydroxylation is 1. The van der Waals surface area contributed by atoms with Crippen LogP contribution in [-0.4, -0.2) is 34.5 Å². The summed E-state index contributed by atoms with van der Waals surface area (Å²) in [7, 11) is 1.48. The van der Waals surface area contributed by atoms with Crippen molar-refractivity contribution in [1.82, 2.24) is 0 Å². The second-order valence-corrected chi connectivity index (χ2v) is 8.24. The molecular weight excluding hydrogens is 422 g/mol. The van der Waals surface area contributed by atoms with E-state index in [-0.39, 0.29) is 5.91 Å². The first kappa shape index (κ1) is 21.9. The molecular formula is C22H21NO5S2. The summed E-state index contributed by atoms with van der Waals surface area (Å²) in [4.78, 5) is 26.3. The first-order chi connectivity index (χ1) is 14.3. The SMILES string of the molecule is CCC(Oc1ccc(/C=C2/SC(=S)N(c3ccccc3C)C2=O)cc1OC)C(=O)O. The topological polar surface area (TPSA) is 76.1 Å². The molecule has 0 radical (unpaired) electrons. The molecule has 1 N–H and O–H groups in total. The first-order valence-corrected chi connectivity index (χ1v) is 10.5. The summed E-state index contributed by atoms with van der Waals surface area (Å²) >= 11 is 6.67. The predicted octanol–water partition coefficient (Wildman–Crippen LogP) is 4.65. The van der Waals surface area contributed by atoms with Crippen LogP contribution in [0.25, 0.3) is 6.08 Å². The number of rotatable bonds is 7. The average Bonchev–Trinajstić information content (AvgIpc) is 3.00. The molecule has 30 heavy (non-hydrogen) atoms. The predicted molar refractivity (Wildman–Crippen MR) is 122 cm³/mol. The third-order valence-corrected chi connectivity index (χ3v) is 5.85. The molecule has 0 aromatic heterocycles. The first-order valence-electron chi connectivity index (χ1n) is 9.26. The highest BCUT2D eigenvalue weighted by molar-refractivity contribution is 8.27. The van der Waals surface area contributed by atoms with Crippen molar-refractivity contribution >= 4 is 51.9 Å². The number of hydrogen-bond acceptors (Lipinski definition) is 6. The van der Waals surface area contributed by atoms with Crippen molar-refractivity contribution < 1.29 is 24.2 Å². The van der Waals surface area contributed by atoms with Gasteiger partial charge in [-0.3, -0.25) is 9.69 Å². The molecule has 0 spiro atoms. The molecule has 0 bridgehead atoms. The molecule has 8 heteroatoms. The molecule has 6 nitrogen and oxygen atoms in total. The van der Waals surface area contributed by atoms with Crippen LogP contribution in [0, 0.1) is 6.92 Å². The Labute approximate surface area is 184 Å². The number of carbonyl (C=O) groups is 2. The minimum absolute atomic E-state index is 0.185. The van der Waals surface area contributed by atoms with Gasteiger partial charge in [0.05, 0.1) is 17.7 Å². The maximum absolute atomic E-state index is 13.0. The van der Waals surface area contributed by atoms with Crippen LogP contribution in [0.2, 0.25) is 0 Å². The third-order valence-electron chi connectivity index (χ3n) is 4.55. The summed E-state index contributed by atoms with van der Waals surface area (Å²) in [6, 6.07) is 12.7. The summed E-state index contributed by atoms with van der Waals surface area (Å²) in [5, 5.41) is 9.20. The molecule has 1 unspecified atom stereocenters. The Morgan fingerprint density at radius 2 is 2.00 bits per heavy atom. The molecule has 2 aromatic carbocycles. The summed E-state index contributed by atoms with van der Waals surface area (Å²) < 4.78 is 11.4. The number of benzene rings is 2. The Morgan fingerprint density at radius 3 is 2.63 bits per heavy atom. The Hall–Kier alpha value is -2.84. The van der Waals surface area contributed by atoms with E-state index in [1.54, 1.807) is 31.2 Å². The number of anilines is 1. The van der Waals surface area contributed by atoms with Gasteiger partial charge < -0.3 is 14.6 Å². The van der Waals surface area contributed by atoms with Gasteiger partial charge in [-0.1, -0.05) is 55.2 Å². The van der Waals surface area contributed by atoms with Crippen LogP contribution < -0.4 is 14.4 Å². The van der Waals surface area contributed by atoms with Gasteiger partial charge in [0.2, 0.25) is 0 Å². The lowest BCUT2D eigenvalue weighted by Crippen LogP contribution is -2.28. The van der Waals surface area contributed by atoms with Crippen LogP contribution in [0.4, 0.5) is 5.69 Å². The van der Waals surface area contributed by atoms with E-state index in [1.807, 2.05) is 31.2 Å². The number of methoxy groups -OCH3 is 1. The molecule has 1 saturated heterocycles. The zero-order chi connectivity index (χ0) is 21.8. The van der Waals surface area contributed by atoms with Crippen molar-refractivity contribution in [1.29, 1.82) is 0 Å². The summed E-state index contributed by atoms with van der Waals surface area (Å²) in [6.45, 7) is 3.66. The summed E-state index contributed by atoms with van der Waals surface area (Å²) in [5.41, 5.74) is 2.44. The van der Waals surface area contributed by atoms with Crippen molar-refractivity contribution in [2.24, 2.45) is 0 Å². The van der Waals surface area contributed by atoms with E-state index >= 15 is 0 Å². The number of hydrogen-bond donors (Lipinski definition) is 1. The highest BCUT2D eigenvalue weighted by Crippen LogP contribution is 2.38. The minimum Gasteiger partial charge on any atom is -0.493 e. The van der Waals surface area contributed by atoms with Crippen LogP contribution in [0.1, 0.15) is 24.5 Å². The largest absolute Gasteiger partial charge is 0.493 e. The zero-order valence-electron chi connectivity index (χ0n) is 16.7. The van der Waals surface area contributed by atoms with E-state index in [2.05, 4.69) is 0 Å². The smallest absolute Gasteiger partial charge is 0.344 e. The molecule has 0 aliphatic carbocycles. The fourth-order valence-corrected chi connectivity index (χ4v) is 4.26.